The summed E-state index contributed by atoms with van der Waals surface area (Å²) in [6.45, 7) is 4.34. The normalized spacial score (nSPS) is 11.9. The highest BCUT2D eigenvalue weighted by Crippen LogP contribution is 2.07. The van der Waals surface area contributed by atoms with Crippen LogP contribution in [0.25, 0.3) is 0 Å². The Morgan fingerprint density at radius 1 is 0.786 bits per heavy atom. The zero-order valence-corrected chi connectivity index (χ0v) is 9.97. The lowest BCUT2D eigenvalue weighted by Crippen LogP contribution is -1.77. The second kappa shape index (κ2) is 12.5. The van der Waals surface area contributed by atoms with Crippen molar-refractivity contribution in [1.82, 2.24) is 0 Å². The monoisotopic (exact) mass is 194 g/mol. The molecule has 14 heavy (non-hydrogen) atoms. The molecule has 0 aliphatic heterocycles. The highest BCUT2D eigenvalue weighted by molar-refractivity contribution is 4.91. The van der Waals surface area contributed by atoms with E-state index in [1.807, 2.05) is 0 Å². The van der Waals surface area contributed by atoms with Gasteiger partial charge >= 0.3 is 0 Å². The van der Waals surface area contributed by atoms with Gasteiger partial charge in [0.2, 0.25) is 0 Å². The molecule has 0 amide bonds. The van der Waals surface area contributed by atoms with Crippen LogP contribution in [-0.4, -0.2) is 0 Å². The fourth-order valence-corrected chi connectivity index (χ4v) is 1.47. The third-order valence-corrected chi connectivity index (χ3v) is 2.40. The third-order valence-electron chi connectivity index (χ3n) is 2.40. The highest BCUT2D eigenvalue weighted by Gasteiger charge is 1.87. The van der Waals surface area contributed by atoms with Gasteiger partial charge in [-0.25, -0.2) is 0 Å². The summed E-state index contributed by atoms with van der Waals surface area (Å²) in [6, 6.07) is 0. The van der Waals surface area contributed by atoms with Crippen LogP contribution in [0.5, 0.6) is 0 Å². The van der Waals surface area contributed by atoms with Gasteiger partial charge in [-0.1, -0.05) is 63.3 Å². The summed E-state index contributed by atoms with van der Waals surface area (Å²) in [7, 11) is 0. The van der Waals surface area contributed by atoms with E-state index in [9.17, 15) is 0 Å². The summed E-state index contributed by atoms with van der Waals surface area (Å²) in [4.78, 5) is 0. The van der Waals surface area contributed by atoms with Gasteiger partial charge in [-0.2, -0.15) is 0 Å². The third kappa shape index (κ3) is 11.5. The van der Waals surface area contributed by atoms with E-state index in [-0.39, 0.29) is 0 Å². The molecule has 0 radical (unpaired) electrons. The molecule has 0 aromatic carbocycles. The van der Waals surface area contributed by atoms with Crippen LogP contribution in [0.4, 0.5) is 0 Å². The maximum absolute atomic E-state index is 2.32. The highest BCUT2D eigenvalue weighted by atomic mass is 13.9. The molecule has 0 unspecified atom stereocenters. The number of hydrogen-bond donors (Lipinski definition) is 0. The fourth-order valence-electron chi connectivity index (χ4n) is 1.47. The molecule has 0 rings (SSSR count). The predicted molar refractivity (Wildman–Crippen MR) is 66.6 cm³/mol. The standard InChI is InChI=1S/C14H26/c1-3-5-7-9-11-13-14-12-10-8-6-4-2/h3,5,9,11H,4,6-8,10,12-14H2,1-2H3/b5-3-,11-9+. The fraction of sp³-hybridized carbons (Fsp3) is 0.714. The molecule has 0 N–H and O–H groups in total. The Morgan fingerprint density at radius 3 is 2.21 bits per heavy atom. The Morgan fingerprint density at radius 2 is 1.50 bits per heavy atom. The maximum atomic E-state index is 2.32. The predicted octanol–water partition coefficient (Wildman–Crippen LogP) is 5.26. The molecule has 0 bridgehead atoms. The van der Waals surface area contributed by atoms with Crippen LogP contribution in [0, 0.1) is 0 Å². The molecular formula is C14H26. The number of unbranched alkanes of at least 4 members (excludes halogenated alkanes) is 6. The van der Waals surface area contributed by atoms with E-state index in [1.165, 1.54) is 44.9 Å². The first-order valence-corrected chi connectivity index (χ1v) is 6.18. The zero-order chi connectivity index (χ0) is 10.5. The van der Waals surface area contributed by atoms with Crippen molar-refractivity contribution in [2.75, 3.05) is 0 Å². The molecule has 0 saturated carbocycles. The molecule has 0 spiro atoms. The van der Waals surface area contributed by atoms with Crippen LogP contribution in [0.1, 0.15) is 65.2 Å². The van der Waals surface area contributed by atoms with Crippen LogP contribution in [0.3, 0.4) is 0 Å². The van der Waals surface area contributed by atoms with Crippen molar-refractivity contribution in [2.45, 2.75) is 65.2 Å². The first kappa shape index (κ1) is 13.5. The molecule has 0 saturated heterocycles. The van der Waals surface area contributed by atoms with Gasteiger partial charge in [0.05, 0.1) is 0 Å². The van der Waals surface area contributed by atoms with Crippen molar-refractivity contribution in [3.05, 3.63) is 24.3 Å². The first-order chi connectivity index (χ1) is 6.91. The van der Waals surface area contributed by atoms with Gasteiger partial charge < -0.3 is 0 Å². The van der Waals surface area contributed by atoms with Gasteiger partial charge in [-0.05, 0) is 26.2 Å². The summed E-state index contributed by atoms with van der Waals surface area (Å²) in [5, 5.41) is 0. The van der Waals surface area contributed by atoms with E-state index >= 15 is 0 Å². The minimum atomic E-state index is 1.10. The second-order valence-corrected chi connectivity index (χ2v) is 3.83. The van der Waals surface area contributed by atoms with E-state index in [0.29, 0.717) is 0 Å². The lowest BCUT2D eigenvalue weighted by Gasteiger charge is -1.97. The average Bonchev–Trinajstić information content (AvgIpc) is 2.21. The molecule has 0 aliphatic carbocycles. The Bertz CT molecular complexity index is 142. The van der Waals surface area contributed by atoms with Crippen molar-refractivity contribution >= 4 is 0 Å². The van der Waals surface area contributed by atoms with E-state index in [0.717, 1.165) is 6.42 Å². The van der Waals surface area contributed by atoms with Crippen LogP contribution in [-0.2, 0) is 0 Å². The lowest BCUT2D eigenvalue weighted by atomic mass is 10.1. The summed E-state index contributed by atoms with van der Waals surface area (Å²) >= 11 is 0. The summed E-state index contributed by atoms with van der Waals surface area (Å²) in [5.74, 6) is 0. The smallest absolute Gasteiger partial charge is 0.0169 e. The van der Waals surface area contributed by atoms with E-state index in [2.05, 4.69) is 38.2 Å². The molecule has 82 valence electrons. The van der Waals surface area contributed by atoms with Gasteiger partial charge in [0.1, 0.15) is 0 Å². The first-order valence-electron chi connectivity index (χ1n) is 6.18. The minimum Gasteiger partial charge on any atom is -0.0914 e. The van der Waals surface area contributed by atoms with Crippen LogP contribution >= 0.6 is 0 Å². The van der Waals surface area contributed by atoms with Crippen molar-refractivity contribution in [2.24, 2.45) is 0 Å². The molecular weight excluding hydrogens is 168 g/mol. The maximum Gasteiger partial charge on any atom is -0.0169 e. The molecule has 0 aliphatic rings. The summed E-state index contributed by atoms with van der Waals surface area (Å²) in [6.07, 6.45) is 19.7. The second-order valence-electron chi connectivity index (χ2n) is 3.83. The summed E-state index contributed by atoms with van der Waals surface area (Å²) in [5.41, 5.74) is 0. The SMILES string of the molecule is C/C=C\C/C=C/CCCCCCCC. The molecule has 0 nitrogen and oxygen atoms in total. The zero-order valence-electron chi connectivity index (χ0n) is 9.97. The van der Waals surface area contributed by atoms with E-state index < -0.39 is 0 Å². The van der Waals surface area contributed by atoms with Crippen molar-refractivity contribution in [3.8, 4) is 0 Å². The van der Waals surface area contributed by atoms with Gasteiger partial charge in [0, 0.05) is 0 Å². The van der Waals surface area contributed by atoms with E-state index in [1.54, 1.807) is 0 Å². The number of allylic oxidation sites excluding steroid dienone is 4. The van der Waals surface area contributed by atoms with Crippen molar-refractivity contribution in [1.29, 1.82) is 0 Å². The van der Waals surface area contributed by atoms with Crippen LogP contribution < -0.4 is 0 Å². The van der Waals surface area contributed by atoms with Crippen molar-refractivity contribution < 1.29 is 0 Å². The molecule has 0 aromatic heterocycles. The quantitative estimate of drug-likeness (QED) is 0.347. The molecule has 0 atom stereocenters. The molecule has 0 aromatic rings. The Hall–Kier alpha value is -0.520. The Kier molecular flexibility index (Phi) is 12.0. The molecule has 0 heteroatoms. The number of rotatable bonds is 9. The summed E-state index contributed by atoms with van der Waals surface area (Å²) < 4.78 is 0. The largest absolute Gasteiger partial charge is 0.0914 e. The van der Waals surface area contributed by atoms with Crippen molar-refractivity contribution in [3.63, 3.8) is 0 Å². The van der Waals surface area contributed by atoms with Crippen LogP contribution in [0.15, 0.2) is 24.3 Å². The van der Waals surface area contributed by atoms with Gasteiger partial charge in [-0.15, -0.1) is 0 Å². The van der Waals surface area contributed by atoms with E-state index in [4.69, 9.17) is 0 Å². The van der Waals surface area contributed by atoms with Gasteiger partial charge in [0.25, 0.3) is 0 Å². The van der Waals surface area contributed by atoms with Crippen LogP contribution in [0.2, 0.25) is 0 Å². The number of hydrogen-bond acceptors (Lipinski definition) is 0. The Balaban J connectivity index is 3.01. The lowest BCUT2D eigenvalue weighted by molar-refractivity contribution is 0.611. The average molecular weight is 194 g/mol. The minimum absolute atomic E-state index is 1.10. The molecule has 0 fully saturated rings. The molecule has 0 heterocycles. The van der Waals surface area contributed by atoms with Gasteiger partial charge in [-0.3, -0.25) is 0 Å². The topological polar surface area (TPSA) is 0 Å². The Labute approximate surface area is 90.1 Å². The van der Waals surface area contributed by atoms with Gasteiger partial charge in [0.15, 0.2) is 0 Å².